The number of halogens is 3. The zero-order valence-electron chi connectivity index (χ0n) is 12.2. The van der Waals surface area contributed by atoms with Gasteiger partial charge in [0.05, 0.1) is 5.56 Å². The van der Waals surface area contributed by atoms with E-state index in [9.17, 15) is 22.8 Å². The minimum atomic E-state index is -4.57. The first kappa shape index (κ1) is 17.0. The summed E-state index contributed by atoms with van der Waals surface area (Å²) in [4.78, 5) is 24.2. The van der Waals surface area contributed by atoms with Crippen LogP contribution in [0.1, 0.15) is 26.5 Å². The predicted molar refractivity (Wildman–Crippen MR) is 78.2 cm³/mol. The van der Waals surface area contributed by atoms with E-state index in [1.54, 1.807) is 13.8 Å². The number of amides is 2. The van der Waals surface area contributed by atoms with E-state index in [1.807, 2.05) is 0 Å². The molecule has 10 heteroatoms. The Morgan fingerprint density at radius 1 is 1.39 bits per heavy atom. The van der Waals surface area contributed by atoms with Gasteiger partial charge in [0.15, 0.2) is 5.69 Å². The first-order valence-corrected chi connectivity index (χ1v) is 7.21. The lowest BCUT2D eigenvalue weighted by molar-refractivity contribution is -0.141. The quantitative estimate of drug-likeness (QED) is 0.890. The summed E-state index contributed by atoms with van der Waals surface area (Å²) < 4.78 is 38.2. The number of hydrogen-bond donors (Lipinski definition) is 2. The molecule has 2 aromatic rings. The molecule has 0 aliphatic heterocycles. The third-order valence-electron chi connectivity index (χ3n) is 3.12. The van der Waals surface area contributed by atoms with Gasteiger partial charge in [0.1, 0.15) is 11.5 Å². The number of nitrogens with one attached hydrogen (secondary N) is 1. The minimum absolute atomic E-state index is 0.206. The highest BCUT2D eigenvalue weighted by atomic mass is 32.1. The van der Waals surface area contributed by atoms with Crippen molar-refractivity contribution in [2.24, 2.45) is 5.73 Å². The number of nitrogens with two attached hydrogens (primary N) is 1. The minimum Gasteiger partial charge on any atom is -0.365 e. The number of carbonyl (C=O) groups excluding carboxylic acids is 2. The van der Waals surface area contributed by atoms with Crippen LogP contribution >= 0.6 is 11.3 Å². The Bertz CT molecular complexity index is 764. The second kappa shape index (κ2) is 6.03. The molecule has 2 rings (SSSR count). The smallest absolute Gasteiger partial charge is 0.365 e. The maximum absolute atomic E-state index is 12.4. The third-order valence-corrected chi connectivity index (χ3v) is 4.24. The molecule has 3 N–H and O–H groups in total. The number of anilines is 1. The molecule has 2 aromatic heterocycles. The van der Waals surface area contributed by atoms with E-state index in [0.29, 0.717) is 5.56 Å². The lowest BCUT2D eigenvalue weighted by Gasteiger charge is -2.06. The molecule has 0 saturated carbocycles. The lowest BCUT2D eigenvalue weighted by Crippen LogP contribution is -2.21. The zero-order valence-corrected chi connectivity index (χ0v) is 13.0. The van der Waals surface area contributed by atoms with Crippen LogP contribution in [0.25, 0.3) is 0 Å². The van der Waals surface area contributed by atoms with Gasteiger partial charge in [0, 0.05) is 11.1 Å². The molecule has 0 bridgehead atoms. The summed E-state index contributed by atoms with van der Waals surface area (Å²) >= 11 is 1.18. The molecule has 0 spiro atoms. The normalized spacial score (nSPS) is 11.5. The Labute approximate surface area is 133 Å². The largest absolute Gasteiger partial charge is 0.435 e. The molecule has 0 unspecified atom stereocenters. The van der Waals surface area contributed by atoms with E-state index in [2.05, 4.69) is 10.4 Å². The maximum Gasteiger partial charge on any atom is 0.435 e. The summed E-state index contributed by atoms with van der Waals surface area (Å²) in [7, 11) is 0. The van der Waals surface area contributed by atoms with Crippen LogP contribution in [0.4, 0.5) is 18.2 Å². The maximum atomic E-state index is 12.4. The number of rotatable bonds is 4. The molecule has 6 nitrogen and oxygen atoms in total. The van der Waals surface area contributed by atoms with Gasteiger partial charge in [-0.2, -0.15) is 18.3 Å². The van der Waals surface area contributed by atoms with Gasteiger partial charge in [-0.05, 0) is 25.5 Å². The molecule has 2 heterocycles. The van der Waals surface area contributed by atoms with Crippen LogP contribution in [0.15, 0.2) is 12.3 Å². The molecule has 0 atom stereocenters. The highest BCUT2D eigenvalue weighted by molar-refractivity contribution is 7.16. The fourth-order valence-corrected chi connectivity index (χ4v) is 3.01. The first-order valence-electron chi connectivity index (χ1n) is 6.40. The SMILES string of the molecule is Cc1sc(NC(=O)Cn2ccc(C(F)(F)F)n2)c(C(N)=O)c1C. The Balaban J connectivity index is 2.13. The van der Waals surface area contributed by atoms with Gasteiger partial charge in [-0.3, -0.25) is 14.3 Å². The molecule has 0 fully saturated rings. The predicted octanol–water partition coefficient (Wildman–Crippen LogP) is 2.32. The third kappa shape index (κ3) is 3.70. The van der Waals surface area contributed by atoms with E-state index in [-0.39, 0.29) is 10.6 Å². The second-order valence-electron chi connectivity index (χ2n) is 4.80. The van der Waals surface area contributed by atoms with Crippen molar-refractivity contribution in [1.29, 1.82) is 0 Å². The van der Waals surface area contributed by atoms with Crippen molar-refractivity contribution in [3.8, 4) is 0 Å². The van der Waals surface area contributed by atoms with Gasteiger partial charge in [-0.1, -0.05) is 0 Å². The van der Waals surface area contributed by atoms with Crippen LogP contribution in [0.2, 0.25) is 0 Å². The van der Waals surface area contributed by atoms with Crippen LogP contribution in [0.3, 0.4) is 0 Å². The van der Waals surface area contributed by atoms with Gasteiger partial charge in [-0.25, -0.2) is 0 Å². The molecular formula is C13H13F3N4O2S. The summed E-state index contributed by atoms with van der Waals surface area (Å²) in [5, 5.41) is 6.05. The number of thiophene rings is 1. The molecule has 2 amide bonds. The van der Waals surface area contributed by atoms with Gasteiger partial charge in [0.2, 0.25) is 5.91 Å². The van der Waals surface area contributed by atoms with Crippen molar-refractivity contribution < 1.29 is 22.8 Å². The molecule has 0 saturated heterocycles. The summed E-state index contributed by atoms with van der Waals surface area (Å²) in [6.07, 6.45) is -3.51. The van der Waals surface area contributed by atoms with Crippen molar-refractivity contribution in [1.82, 2.24) is 9.78 Å². The summed E-state index contributed by atoms with van der Waals surface area (Å²) in [6.45, 7) is 3.06. The zero-order chi connectivity index (χ0) is 17.4. The Morgan fingerprint density at radius 3 is 2.57 bits per heavy atom. The monoisotopic (exact) mass is 346 g/mol. The van der Waals surface area contributed by atoms with Crippen LogP contribution < -0.4 is 11.1 Å². The Kier molecular flexibility index (Phi) is 4.46. The second-order valence-corrected chi connectivity index (χ2v) is 6.02. The topological polar surface area (TPSA) is 90.0 Å². The molecule has 0 aliphatic carbocycles. The molecule has 124 valence electrons. The summed E-state index contributed by atoms with van der Waals surface area (Å²) in [5.41, 5.74) is 5.07. The number of carbonyl (C=O) groups is 2. The van der Waals surface area contributed by atoms with Crippen LogP contribution in [0, 0.1) is 13.8 Å². The van der Waals surface area contributed by atoms with E-state index in [4.69, 9.17) is 5.73 Å². The van der Waals surface area contributed by atoms with Crippen molar-refractivity contribution in [2.45, 2.75) is 26.6 Å². The molecule has 0 radical (unpaired) electrons. The highest BCUT2D eigenvalue weighted by Crippen LogP contribution is 2.32. The van der Waals surface area contributed by atoms with E-state index < -0.39 is 30.2 Å². The number of nitrogens with zero attached hydrogens (tertiary/aromatic N) is 2. The fourth-order valence-electron chi connectivity index (χ4n) is 1.93. The number of primary amides is 1. The number of alkyl halides is 3. The summed E-state index contributed by atoms with van der Waals surface area (Å²) in [6, 6.07) is 0.779. The fraction of sp³-hybridized carbons (Fsp3) is 0.308. The summed E-state index contributed by atoms with van der Waals surface area (Å²) in [5.74, 6) is -1.29. The van der Waals surface area contributed by atoms with Crippen molar-refractivity contribution in [2.75, 3.05) is 5.32 Å². The van der Waals surface area contributed by atoms with Crippen LogP contribution in [0.5, 0.6) is 0 Å². The molecular weight excluding hydrogens is 333 g/mol. The molecule has 0 aromatic carbocycles. The first-order chi connectivity index (χ1) is 10.6. The van der Waals surface area contributed by atoms with Crippen molar-refractivity contribution in [3.63, 3.8) is 0 Å². The van der Waals surface area contributed by atoms with Gasteiger partial charge >= 0.3 is 6.18 Å². The average molecular weight is 346 g/mol. The average Bonchev–Trinajstić information content (AvgIpc) is 2.95. The Morgan fingerprint density at radius 2 is 2.04 bits per heavy atom. The lowest BCUT2D eigenvalue weighted by atomic mass is 10.1. The molecule has 0 aliphatic rings. The molecule has 23 heavy (non-hydrogen) atoms. The van der Waals surface area contributed by atoms with Crippen molar-refractivity contribution in [3.05, 3.63) is 34.0 Å². The van der Waals surface area contributed by atoms with E-state index >= 15 is 0 Å². The van der Waals surface area contributed by atoms with Gasteiger partial charge in [0.25, 0.3) is 5.91 Å². The standard InChI is InChI=1S/C13H13F3N4O2S/c1-6-7(2)23-12(10(6)11(17)22)18-9(21)5-20-4-3-8(19-20)13(14,15)16/h3-4H,5H2,1-2H3,(H2,17,22)(H,18,21). The van der Waals surface area contributed by atoms with Gasteiger partial charge in [-0.15, -0.1) is 11.3 Å². The number of aryl methyl sites for hydroxylation is 1. The van der Waals surface area contributed by atoms with Crippen LogP contribution in [-0.2, 0) is 17.5 Å². The van der Waals surface area contributed by atoms with Gasteiger partial charge < -0.3 is 11.1 Å². The number of hydrogen-bond acceptors (Lipinski definition) is 4. The Hall–Kier alpha value is -2.36. The van der Waals surface area contributed by atoms with E-state index in [1.165, 1.54) is 11.3 Å². The van der Waals surface area contributed by atoms with E-state index in [0.717, 1.165) is 21.8 Å². The highest BCUT2D eigenvalue weighted by Gasteiger charge is 2.33. The van der Waals surface area contributed by atoms with Crippen molar-refractivity contribution >= 4 is 28.2 Å². The number of aromatic nitrogens is 2. The van der Waals surface area contributed by atoms with Crippen LogP contribution in [-0.4, -0.2) is 21.6 Å².